The second-order valence-electron chi connectivity index (χ2n) is 9.92. The van der Waals surface area contributed by atoms with E-state index in [0.29, 0.717) is 22.9 Å². The Morgan fingerprint density at radius 2 is 1.95 bits per heavy atom. The van der Waals surface area contributed by atoms with E-state index in [1.54, 1.807) is 18.2 Å². The monoisotopic (exact) mass is 512 g/mol. The zero-order valence-electron chi connectivity index (χ0n) is 21.1. The van der Waals surface area contributed by atoms with E-state index in [-0.39, 0.29) is 12.7 Å². The highest BCUT2D eigenvalue weighted by molar-refractivity contribution is 5.71. The summed E-state index contributed by atoms with van der Waals surface area (Å²) in [6, 6.07) is 16.1. The van der Waals surface area contributed by atoms with Gasteiger partial charge in [-0.2, -0.15) is 5.26 Å². The Kier molecular flexibility index (Phi) is 6.99. The Morgan fingerprint density at radius 3 is 2.71 bits per heavy atom. The van der Waals surface area contributed by atoms with E-state index in [0.717, 1.165) is 74.7 Å². The number of ether oxygens (including phenoxy) is 2. The minimum absolute atomic E-state index is 0.0637. The molecule has 8 nitrogen and oxygen atoms in total. The van der Waals surface area contributed by atoms with Crippen molar-refractivity contribution in [1.82, 2.24) is 24.4 Å². The van der Waals surface area contributed by atoms with Crippen molar-refractivity contribution in [3.8, 4) is 11.9 Å². The maximum absolute atomic E-state index is 14.2. The fraction of sp³-hybridized carbons (Fsp3) is 0.379. The van der Waals surface area contributed by atoms with Crippen LogP contribution >= 0.6 is 0 Å². The molecule has 0 aliphatic carbocycles. The molecule has 6 rings (SSSR count). The minimum atomic E-state index is -0.447. The lowest BCUT2D eigenvalue weighted by Crippen LogP contribution is -2.35. The third kappa shape index (κ3) is 5.23. The minimum Gasteiger partial charge on any atom is -0.473 e. The number of aromatic nitrogens is 4. The molecule has 0 radical (unpaired) electrons. The molecule has 2 aliphatic heterocycles. The maximum atomic E-state index is 14.2. The second kappa shape index (κ2) is 10.9. The van der Waals surface area contributed by atoms with Crippen LogP contribution < -0.4 is 4.74 Å². The second-order valence-corrected chi connectivity index (χ2v) is 9.92. The van der Waals surface area contributed by atoms with Gasteiger partial charge in [0.2, 0.25) is 5.88 Å². The molecule has 1 atom stereocenters. The summed E-state index contributed by atoms with van der Waals surface area (Å²) in [6.07, 6.45) is 5.13. The van der Waals surface area contributed by atoms with Gasteiger partial charge in [0.05, 0.1) is 30.8 Å². The van der Waals surface area contributed by atoms with Gasteiger partial charge in [-0.1, -0.05) is 12.1 Å². The number of hydrogen-bond donors (Lipinski definition) is 0. The fourth-order valence-electron chi connectivity index (χ4n) is 5.16. The molecule has 4 aromatic rings. The van der Waals surface area contributed by atoms with Crippen molar-refractivity contribution in [2.45, 2.75) is 51.0 Å². The van der Waals surface area contributed by atoms with Gasteiger partial charge >= 0.3 is 0 Å². The van der Waals surface area contributed by atoms with Crippen molar-refractivity contribution in [2.75, 3.05) is 19.7 Å². The lowest BCUT2D eigenvalue weighted by atomic mass is 9.93. The molecule has 2 fully saturated rings. The van der Waals surface area contributed by atoms with Crippen molar-refractivity contribution in [2.24, 2.45) is 0 Å². The largest absolute Gasteiger partial charge is 0.473 e. The van der Waals surface area contributed by atoms with Crippen molar-refractivity contribution in [3.63, 3.8) is 0 Å². The van der Waals surface area contributed by atoms with Crippen LogP contribution in [0.15, 0.2) is 54.7 Å². The predicted molar refractivity (Wildman–Crippen MR) is 139 cm³/mol. The molecule has 5 heterocycles. The highest BCUT2D eigenvalue weighted by Crippen LogP contribution is 2.29. The van der Waals surface area contributed by atoms with Gasteiger partial charge in [0.15, 0.2) is 5.65 Å². The number of rotatable bonds is 8. The summed E-state index contributed by atoms with van der Waals surface area (Å²) in [4.78, 5) is 16.7. The zero-order chi connectivity index (χ0) is 25.9. The summed E-state index contributed by atoms with van der Waals surface area (Å²) in [7, 11) is 0. The predicted octanol–water partition coefficient (Wildman–Crippen LogP) is 4.58. The van der Waals surface area contributed by atoms with Crippen LogP contribution in [-0.4, -0.2) is 50.2 Å². The topological polar surface area (TPSA) is 89.1 Å². The average molecular weight is 513 g/mol. The number of piperidine rings is 1. The van der Waals surface area contributed by atoms with Gasteiger partial charge in [-0.15, -0.1) is 0 Å². The normalized spacial score (nSPS) is 18.3. The summed E-state index contributed by atoms with van der Waals surface area (Å²) >= 11 is 0. The van der Waals surface area contributed by atoms with Gasteiger partial charge in [-0.25, -0.2) is 19.3 Å². The molecular weight excluding hydrogens is 483 g/mol. The molecule has 0 amide bonds. The van der Waals surface area contributed by atoms with E-state index in [1.165, 1.54) is 6.07 Å². The van der Waals surface area contributed by atoms with Crippen LogP contribution in [0.25, 0.3) is 11.2 Å². The number of nitrogens with zero attached hydrogens (tertiary/aromatic N) is 6. The van der Waals surface area contributed by atoms with E-state index < -0.39 is 5.82 Å². The molecule has 0 N–H and O–H groups in total. The highest BCUT2D eigenvalue weighted by atomic mass is 19.1. The Bertz CT molecular complexity index is 1470. The fourth-order valence-corrected chi connectivity index (χ4v) is 5.16. The molecule has 9 heteroatoms. The summed E-state index contributed by atoms with van der Waals surface area (Å²) in [5.41, 5.74) is 3.54. The van der Waals surface area contributed by atoms with Gasteiger partial charge in [-0.3, -0.25) is 4.90 Å². The van der Waals surface area contributed by atoms with Crippen molar-refractivity contribution in [1.29, 1.82) is 5.26 Å². The average Bonchev–Trinajstić information content (AvgIpc) is 3.27. The first kappa shape index (κ1) is 24.5. The van der Waals surface area contributed by atoms with Gasteiger partial charge in [0.1, 0.15) is 23.8 Å². The Morgan fingerprint density at radius 1 is 1.08 bits per heavy atom. The Balaban J connectivity index is 1.08. The SMILES string of the molecule is N#Cc1ccc(COc2cccc(C3CCN(Cc4nc5cccnc5n4C[C@@H]4CCO4)CC3)n2)c(F)c1. The maximum Gasteiger partial charge on any atom is 0.213 e. The number of fused-ring (bicyclic) bond motifs is 1. The molecule has 38 heavy (non-hydrogen) atoms. The number of pyridine rings is 2. The van der Waals surface area contributed by atoms with Crippen LogP contribution in [0.2, 0.25) is 0 Å². The molecular formula is C29H29FN6O2. The molecule has 2 saturated heterocycles. The molecule has 2 aliphatic rings. The number of benzene rings is 1. The molecule has 0 saturated carbocycles. The van der Waals surface area contributed by atoms with Crippen molar-refractivity contribution in [3.05, 3.63) is 83.2 Å². The van der Waals surface area contributed by atoms with Crippen LogP contribution in [0.5, 0.6) is 5.88 Å². The third-order valence-corrected chi connectivity index (χ3v) is 7.44. The van der Waals surface area contributed by atoms with E-state index in [9.17, 15) is 4.39 Å². The molecule has 0 spiro atoms. The van der Waals surface area contributed by atoms with Crippen LogP contribution in [0, 0.1) is 17.1 Å². The van der Waals surface area contributed by atoms with Gasteiger partial charge in [-0.05, 0) is 62.7 Å². The molecule has 0 bridgehead atoms. The number of halogens is 1. The quantitative estimate of drug-likeness (QED) is 0.341. The number of imidazole rings is 1. The van der Waals surface area contributed by atoms with Crippen LogP contribution in [0.4, 0.5) is 4.39 Å². The smallest absolute Gasteiger partial charge is 0.213 e. The lowest BCUT2D eigenvalue weighted by Gasteiger charge is -2.32. The molecule has 0 unspecified atom stereocenters. The van der Waals surface area contributed by atoms with Crippen LogP contribution in [0.1, 0.15) is 47.8 Å². The van der Waals surface area contributed by atoms with Gasteiger partial charge in [0.25, 0.3) is 0 Å². The molecule has 1 aromatic carbocycles. The van der Waals surface area contributed by atoms with E-state index in [2.05, 4.69) is 14.5 Å². The molecule has 194 valence electrons. The first-order valence-electron chi connectivity index (χ1n) is 13.1. The van der Waals surface area contributed by atoms with Gasteiger partial charge < -0.3 is 14.0 Å². The third-order valence-electron chi connectivity index (χ3n) is 7.44. The van der Waals surface area contributed by atoms with Crippen molar-refractivity contribution >= 4 is 11.2 Å². The summed E-state index contributed by atoms with van der Waals surface area (Å²) in [5.74, 6) is 1.41. The summed E-state index contributed by atoms with van der Waals surface area (Å²) in [5, 5.41) is 8.92. The lowest BCUT2D eigenvalue weighted by molar-refractivity contribution is -0.0593. The number of hydrogen-bond acceptors (Lipinski definition) is 7. The van der Waals surface area contributed by atoms with E-state index in [1.807, 2.05) is 36.5 Å². The first-order valence-corrected chi connectivity index (χ1v) is 13.1. The van der Waals surface area contributed by atoms with Crippen LogP contribution in [0.3, 0.4) is 0 Å². The number of likely N-dealkylation sites (tertiary alicyclic amines) is 1. The summed E-state index contributed by atoms with van der Waals surface area (Å²) in [6.45, 7) is 4.37. The highest BCUT2D eigenvalue weighted by Gasteiger charge is 2.26. The first-order chi connectivity index (χ1) is 18.7. The van der Waals surface area contributed by atoms with E-state index in [4.69, 9.17) is 24.7 Å². The van der Waals surface area contributed by atoms with E-state index >= 15 is 0 Å². The van der Waals surface area contributed by atoms with Gasteiger partial charge in [0, 0.05) is 36.0 Å². The molecule has 3 aromatic heterocycles. The number of nitriles is 1. The standard InChI is InChI=1S/C29H29FN6O2/c30-24-15-20(16-31)6-7-22(24)19-38-28-5-1-3-25(34-28)21-8-12-35(13-9-21)18-27-33-26-4-2-11-32-29(26)36(27)17-23-10-14-37-23/h1-7,11,15,21,23H,8-10,12-14,17-19H2/t23-/m0/s1. The summed E-state index contributed by atoms with van der Waals surface area (Å²) < 4.78 is 27.9. The van der Waals surface area contributed by atoms with Crippen molar-refractivity contribution < 1.29 is 13.9 Å². The Labute approximate surface area is 220 Å². The Hall–Kier alpha value is -3.87. The van der Waals surface area contributed by atoms with Crippen LogP contribution in [-0.2, 0) is 24.4 Å². The zero-order valence-corrected chi connectivity index (χ0v) is 21.1.